The molecule has 0 bridgehead atoms. The molecule has 2 nitrogen and oxygen atoms in total. The maximum atomic E-state index is 11.9. The monoisotopic (exact) mass is 258 g/mol. The van der Waals surface area contributed by atoms with Crippen LogP contribution in [0, 0.1) is 0 Å². The zero-order valence-corrected chi connectivity index (χ0v) is 10.2. The number of benzene rings is 3. The number of hydrogen-bond acceptors (Lipinski definition) is 4. The topological polar surface area (TPSA) is 37.3 Å². The van der Waals surface area contributed by atoms with Crippen molar-refractivity contribution in [1.82, 2.24) is 0 Å². The maximum Gasteiger partial charge on any atom is 0.190 e. The Kier molecular flexibility index (Phi) is 1.64. The van der Waals surface area contributed by atoms with Crippen molar-refractivity contribution < 1.29 is 5.11 Å². The van der Waals surface area contributed by atoms with Crippen LogP contribution in [-0.4, -0.2) is 5.11 Å². The molecule has 0 spiro atoms. The Hall–Kier alpha value is -1.65. The second-order valence-electron chi connectivity index (χ2n) is 4.04. The molecule has 0 fully saturated rings. The van der Waals surface area contributed by atoms with Crippen LogP contribution in [0.3, 0.4) is 0 Å². The fourth-order valence-corrected chi connectivity index (χ4v) is 4.84. The average Bonchev–Trinajstić information content (AvgIpc) is 2.73. The summed E-state index contributed by atoms with van der Waals surface area (Å²) in [6, 6.07) is 9.13. The summed E-state index contributed by atoms with van der Waals surface area (Å²) in [5.74, 6) is 0.0928. The number of phenolic OH excluding ortho intramolecular Hbond substituents is 1. The highest BCUT2D eigenvalue weighted by Gasteiger charge is 2.15. The summed E-state index contributed by atoms with van der Waals surface area (Å²) in [7, 11) is 3.31. The molecule has 0 saturated heterocycles. The van der Waals surface area contributed by atoms with E-state index in [-0.39, 0.29) is 11.2 Å². The van der Waals surface area contributed by atoms with Crippen LogP contribution in [0.4, 0.5) is 0 Å². The van der Waals surface area contributed by atoms with Gasteiger partial charge in [0.15, 0.2) is 5.43 Å². The summed E-state index contributed by atoms with van der Waals surface area (Å²) in [6.45, 7) is 0. The van der Waals surface area contributed by atoms with E-state index >= 15 is 0 Å². The van der Waals surface area contributed by atoms with Crippen LogP contribution in [0.1, 0.15) is 0 Å². The summed E-state index contributed by atoms with van der Waals surface area (Å²) < 4.78 is 2.22. The minimum Gasteiger partial charge on any atom is -0.507 e. The van der Waals surface area contributed by atoms with Crippen LogP contribution in [0.15, 0.2) is 35.1 Å². The SMILES string of the molecule is O=c1ccc2ccc3ssc4cc(O)c1c2c34. The van der Waals surface area contributed by atoms with E-state index in [1.165, 1.54) is 10.8 Å². The van der Waals surface area contributed by atoms with Gasteiger partial charge in [-0.05, 0) is 23.6 Å². The van der Waals surface area contributed by atoms with E-state index < -0.39 is 0 Å². The number of rotatable bonds is 0. The van der Waals surface area contributed by atoms with Crippen molar-refractivity contribution >= 4 is 51.6 Å². The number of phenols is 1. The fourth-order valence-electron chi connectivity index (χ4n) is 2.37. The molecule has 3 aromatic carbocycles. The first kappa shape index (κ1) is 9.39. The van der Waals surface area contributed by atoms with Gasteiger partial charge in [0, 0.05) is 15.5 Å². The zero-order valence-electron chi connectivity index (χ0n) is 8.56. The molecule has 0 amide bonds. The molecule has 4 rings (SSSR count). The van der Waals surface area contributed by atoms with Gasteiger partial charge in [0.25, 0.3) is 0 Å². The van der Waals surface area contributed by atoms with Gasteiger partial charge in [-0.25, -0.2) is 0 Å². The lowest BCUT2D eigenvalue weighted by Gasteiger charge is -2.06. The van der Waals surface area contributed by atoms with E-state index in [0.717, 1.165) is 20.9 Å². The van der Waals surface area contributed by atoms with Crippen molar-refractivity contribution in [3.8, 4) is 5.75 Å². The minimum absolute atomic E-state index is 0.0928. The molecule has 1 aromatic heterocycles. The van der Waals surface area contributed by atoms with Gasteiger partial charge < -0.3 is 5.11 Å². The predicted octanol–water partition coefficient (Wildman–Crippen LogP) is 3.77. The fraction of sp³-hybridized carbons (Fsp3) is 0. The molecule has 0 aliphatic carbocycles. The van der Waals surface area contributed by atoms with Gasteiger partial charge in [-0.3, -0.25) is 4.79 Å². The standard InChI is InChI=1S/C13H6O2S2/c14-7-3-1-6-2-4-9-13-10(17-16-9)5-8(15)12(7)11(6)13/h1-5,15H. The first-order valence-corrected chi connectivity index (χ1v) is 7.30. The van der Waals surface area contributed by atoms with Crippen molar-refractivity contribution in [2.24, 2.45) is 0 Å². The molecule has 0 saturated carbocycles. The van der Waals surface area contributed by atoms with E-state index in [4.69, 9.17) is 0 Å². The summed E-state index contributed by atoms with van der Waals surface area (Å²) >= 11 is 0. The third-order valence-corrected chi connectivity index (χ3v) is 5.53. The summed E-state index contributed by atoms with van der Waals surface area (Å²) in [5, 5.41) is 13.5. The van der Waals surface area contributed by atoms with Crippen molar-refractivity contribution in [2.45, 2.75) is 0 Å². The zero-order chi connectivity index (χ0) is 11.6. The van der Waals surface area contributed by atoms with E-state index in [0.29, 0.717) is 5.39 Å². The average molecular weight is 258 g/mol. The predicted molar refractivity (Wildman–Crippen MR) is 73.8 cm³/mol. The summed E-state index contributed by atoms with van der Waals surface area (Å²) in [6.07, 6.45) is 0. The Labute approximate surface area is 103 Å². The van der Waals surface area contributed by atoms with Gasteiger partial charge in [-0.2, -0.15) is 0 Å². The first-order chi connectivity index (χ1) is 8.25. The third kappa shape index (κ3) is 1.06. The highest BCUT2D eigenvalue weighted by atomic mass is 32.9. The van der Waals surface area contributed by atoms with Crippen LogP contribution < -0.4 is 5.43 Å². The van der Waals surface area contributed by atoms with Gasteiger partial charge in [-0.1, -0.05) is 32.8 Å². The molecule has 4 aromatic rings. The summed E-state index contributed by atoms with van der Waals surface area (Å²) in [5.41, 5.74) is -0.111. The van der Waals surface area contributed by atoms with E-state index in [1.807, 2.05) is 12.1 Å². The second kappa shape index (κ2) is 2.97. The van der Waals surface area contributed by atoms with Crippen LogP contribution in [0.25, 0.3) is 30.9 Å². The lowest BCUT2D eigenvalue weighted by atomic mass is 10.00. The molecule has 82 valence electrons. The Morgan fingerprint density at radius 1 is 0.882 bits per heavy atom. The van der Waals surface area contributed by atoms with Crippen molar-refractivity contribution in [3.05, 3.63) is 40.6 Å². The van der Waals surface area contributed by atoms with Crippen molar-refractivity contribution in [1.29, 1.82) is 0 Å². The number of aromatic hydroxyl groups is 1. The molecule has 0 radical (unpaired) electrons. The van der Waals surface area contributed by atoms with Gasteiger partial charge in [0.2, 0.25) is 0 Å². The lowest BCUT2D eigenvalue weighted by molar-refractivity contribution is 0.482. The van der Waals surface area contributed by atoms with Crippen LogP contribution in [0.5, 0.6) is 5.75 Å². The Bertz CT molecular complexity index is 917. The van der Waals surface area contributed by atoms with Crippen LogP contribution >= 0.6 is 20.7 Å². The molecule has 0 unspecified atom stereocenters. The molecule has 0 aliphatic heterocycles. The van der Waals surface area contributed by atoms with Gasteiger partial charge in [-0.15, -0.1) is 0 Å². The first-order valence-electron chi connectivity index (χ1n) is 5.15. The van der Waals surface area contributed by atoms with E-state index in [1.54, 1.807) is 26.7 Å². The molecular weight excluding hydrogens is 252 g/mol. The third-order valence-electron chi connectivity index (χ3n) is 3.10. The van der Waals surface area contributed by atoms with Gasteiger partial charge >= 0.3 is 0 Å². The molecule has 1 heterocycles. The number of hydrogen-bond donors (Lipinski definition) is 1. The normalized spacial score (nSPS) is 12.0. The smallest absolute Gasteiger partial charge is 0.190 e. The molecule has 1 N–H and O–H groups in total. The van der Waals surface area contributed by atoms with E-state index in [2.05, 4.69) is 6.07 Å². The van der Waals surface area contributed by atoms with Crippen molar-refractivity contribution in [2.75, 3.05) is 0 Å². The van der Waals surface area contributed by atoms with Crippen LogP contribution in [-0.2, 0) is 0 Å². The van der Waals surface area contributed by atoms with E-state index in [9.17, 15) is 9.90 Å². The molecule has 4 heteroatoms. The Morgan fingerprint density at radius 3 is 2.53 bits per heavy atom. The van der Waals surface area contributed by atoms with Crippen molar-refractivity contribution in [3.63, 3.8) is 0 Å². The maximum absolute atomic E-state index is 11.9. The second-order valence-corrected chi connectivity index (χ2v) is 6.25. The van der Waals surface area contributed by atoms with Crippen LogP contribution in [0.2, 0.25) is 0 Å². The largest absolute Gasteiger partial charge is 0.507 e. The quantitative estimate of drug-likeness (QED) is 0.487. The lowest BCUT2D eigenvalue weighted by Crippen LogP contribution is -1.99. The Morgan fingerprint density at radius 2 is 1.65 bits per heavy atom. The Balaban J connectivity index is 2.57. The minimum atomic E-state index is -0.111. The summed E-state index contributed by atoms with van der Waals surface area (Å²) in [4.78, 5) is 11.9. The molecule has 0 aliphatic rings. The molecule has 17 heavy (non-hydrogen) atoms. The van der Waals surface area contributed by atoms with Gasteiger partial charge in [0.1, 0.15) is 5.75 Å². The highest BCUT2D eigenvalue weighted by molar-refractivity contribution is 7.75. The molecular formula is C13H6O2S2. The molecule has 0 atom stereocenters. The highest BCUT2D eigenvalue weighted by Crippen LogP contribution is 2.42. The van der Waals surface area contributed by atoms with Gasteiger partial charge in [0.05, 0.1) is 10.1 Å².